The molecule has 0 aliphatic carbocycles. The predicted molar refractivity (Wildman–Crippen MR) is 54.9 cm³/mol. The SMILES string of the molecule is COC(=O)CCN(C)C(=O)N[C@@H](C)C(=O)O. The molecule has 0 aliphatic heterocycles. The molecule has 0 unspecified atom stereocenters. The van der Waals surface area contributed by atoms with Gasteiger partial charge in [0.1, 0.15) is 6.04 Å². The third kappa shape index (κ3) is 5.18. The summed E-state index contributed by atoms with van der Waals surface area (Å²) in [6.07, 6.45) is 0.0713. The van der Waals surface area contributed by atoms with Gasteiger partial charge in [0.05, 0.1) is 13.5 Å². The summed E-state index contributed by atoms with van der Waals surface area (Å²) < 4.78 is 4.41. The Hall–Kier alpha value is -1.79. The molecule has 0 bridgehead atoms. The van der Waals surface area contributed by atoms with Crippen molar-refractivity contribution in [3.05, 3.63) is 0 Å². The van der Waals surface area contributed by atoms with Crippen LogP contribution >= 0.6 is 0 Å². The maximum atomic E-state index is 11.4. The molecule has 0 aromatic heterocycles. The van der Waals surface area contributed by atoms with Crippen molar-refractivity contribution >= 4 is 18.0 Å². The van der Waals surface area contributed by atoms with Gasteiger partial charge >= 0.3 is 18.0 Å². The molecule has 0 aliphatic rings. The topological polar surface area (TPSA) is 95.9 Å². The van der Waals surface area contributed by atoms with Crippen molar-refractivity contribution < 1.29 is 24.2 Å². The average Bonchev–Trinajstić information content (AvgIpc) is 2.24. The Morgan fingerprint density at radius 2 is 2.00 bits per heavy atom. The Labute approximate surface area is 93.4 Å². The lowest BCUT2D eigenvalue weighted by atomic mass is 10.3. The molecule has 7 nitrogen and oxygen atoms in total. The quantitative estimate of drug-likeness (QED) is 0.632. The smallest absolute Gasteiger partial charge is 0.325 e. The number of rotatable bonds is 5. The highest BCUT2D eigenvalue weighted by Gasteiger charge is 2.17. The van der Waals surface area contributed by atoms with Gasteiger partial charge in [-0.1, -0.05) is 0 Å². The van der Waals surface area contributed by atoms with Gasteiger partial charge in [-0.05, 0) is 6.92 Å². The van der Waals surface area contributed by atoms with Crippen molar-refractivity contribution in [3.8, 4) is 0 Å². The van der Waals surface area contributed by atoms with Crippen LogP contribution in [0, 0.1) is 0 Å². The van der Waals surface area contributed by atoms with Crippen molar-refractivity contribution in [1.29, 1.82) is 0 Å². The van der Waals surface area contributed by atoms with Gasteiger partial charge in [0.15, 0.2) is 0 Å². The molecule has 0 spiro atoms. The zero-order chi connectivity index (χ0) is 12.7. The number of carbonyl (C=O) groups is 3. The number of nitrogens with zero attached hydrogens (tertiary/aromatic N) is 1. The molecular formula is C9H16N2O5. The van der Waals surface area contributed by atoms with E-state index in [1.807, 2.05) is 0 Å². The average molecular weight is 232 g/mol. The Morgan fingerprint density at radius 3 is 2.44 bits per heavy atom. The van der Waals surface area contributed by atoms with Crippen LogP contribution < -0.4 is 5.32 Å². The van der Waals surface area contributed by atoms with Gasteiger partial charge in [0.25, 0.3) is 0 Å². The molecule has 0 rings (SSSR count). The Morgan fingerprint density at radius 1 is 1.44 bits per heavy atom. The van der Waals surface area contributed by atoms with Crippen LogP contribution in [-0.2, 0) is 14.3 Å². The van der Waals surface area contributed by atoms with Gasteiger partial charge in [0.2, 0.25) is 0 Å². The van der Waals surface area contributed by atoms with Crippen LogP contribution in [0.2, 0.25) is 0 Å². The summed E-state index contributed by atoms with van der Waals surface area (Å²) in [5.74, 6) is -1.54. The summed E-state index contributed by atoms with van der Waals surface area (Å²) in [7, 11) is 2.72. The standard InChI is InChI=1S/C9H16N2O5/c1-6(8(13)14)10-9(15)11(2)5-4-7(12)16-3/h6H,4-5H2,1-3H3,(H,10,15)(H,13,14)/t6-/m0/s1. The predicted octanol–water partition coefficient (Wildman–Crippen LogP) is -0.336. The van der Waals surface area contributed by atoms with E-state index in [4.69, 9.17) is 5.11 Å². The van der Waals surface area contributed by atoms with Crippen LogP contribution in [0.15, 0.2) is 0 Å². The summed E-state index contributed by atoms with van der Waals surface area (Å²) in [5, 5.41) is 10.8. The van der Waals surface area contributed by atoms with Crippen molar-refractivity contribution in [1.82, 2.24) is 10.2 Å². The molecular weight excluding hydrogens is 216 g/mol. The minimum Gasteiger partial charge on any atom is -0.480 e. The minimum atomic E-state index is -1.12. The van der Waals surface area contributed by atoms with E-state index in [9.17, 15) is 14.4 Å². The van der Waals surface area contributed by atoms with Crippen LogP contribution in [0.3, 0.4) is 0 Å². The van der Waals surface area contributed by atoms with E-state index in [0.29, 0.717) is 0 Å². The van der Waals surface area contributed by atoms with Gasteiger partial charge in [-0.3, -0.25) is 9.59 Å². The molecule has 0 heterocycles. The van der Waals surface area contributed by atoms with Crippen LogP contribution in [0.5, 0.6) is 0 Å². The third-order valence-electron chi connectivity index (χ3n) is 1.94. The third-order valence-corrected chi connectivity index (χ3v) is 1.94. The van der Waals surface area contributed by atoms with E-state index in [-0.39, 0.29) is 13.0 Å². The number of carboxylic acids is 1. The fourth-order valence-corrected chi connectivity index (χ4v) is 0.820. The van der Waals surface area contributed by atoms with E-state index in [1.54, 1.807) is 0 Å². The monoisotopic (exact) mass is 232 g/mol. The molecule has 2 amide bonds. The first kappa shape index (κ1) is 14.2. The molecule has 0 saturated carbocycles. The number of aliphatic carboxylic acids is 1. The first-order valence-corrected chi connectivity index (χ1v) is 4.69. The summed E-state index contributed by atoms with van der Waals surface area (Å²) in [5.41, 5.74) is 0. The molecule has 0 saturated heterocycles. The van der Waals surface area contributed by atoms with E-state index >= 15 is 0 Å². The summed E-state index contributed by atoms with van der Waals surface area (Å²) in [6.45, 7) is 1.53. The second-order valence-corrected chi connectivity index (χ2v) is 3.26. The van der Waals surface area contributed by atoms with Crippen LogP contribution in [-0.4, -0.2) is 54.7 Å². The second kappa shape index (κ2) is 6.65. The molecule has 1 atom stereocenters. The minimum absolute atomic E-state index is 0.0713. The maximum Gasteiger partial charge on any atom is 0.325 e. The molecule has 0 aromatic carbocycles. The Bertz CT molecular complexity index is 279. The van der Waals surface area contributed by atoms with E-state index in [1.165, 1.54) is 26.0 Å². The zero-order valence-corrected chi connectivity index (χ0v) is 9.52. The van der Waals surface area contributed by atoms with E-state index < -0.39 is 24.0 Å². The van der Waals surface area contributed by atoms with Gasteiger partial charge < -0.3 is 20.1 Å². The second-order valence-electron chi connectivity index (χ2n) is 3.26. The number of ether oxygens (including phenoxy) is 1. The summed E-state index contributed by atoms with van der Waals surface area (Å²) in [6, 6.07) is -1.51. The molecule has 2 N–H and O–H groups in total. The first-order chi connectivity index (χ1) is 7.38. The highest BCUT2D eigenvalue weighted by atomic mass is 16.5. The Kier molecular flexibility index (Phi) is 5.91. The highest BCUT2D eigenvalue weighted by molar-refractivity contribution is 5.82. The zero-order valence-electron chi connectivity index (χ0n) is 9.52. The van der Waals surface area contributed by atoms with Crippen molar-refractivity contribution in [2.75, 3.05) is 20.7 Å². The molecule has 0 fully saturated rings. The van der Waals surface area contributed by atoms with Gasteiger partial charge in [0, 0.05) is 13.6 Å². The first-order valence-electron chi connectivity index (χ1n) is 4.69. The Balaban J connectivity index is 3.99. The summed E-state index contributed by atoms with van der Waals surface area (Å²) >= 11 is 0. The number of hydrogen-bond donors (Lipinski definition) is 2. The lowest BCUT2D eigenvalue weighted by Gasteiger charge is -2.18. The fraction of sp³-hybridized carbons (Fsp3) is 0.667. The van der Waals surface area contributed by atoms with E-state index in [0.717, 1.165) is 0 Å². The van der Waals surface area contributed by atoms with Crippen LogP contribution in [0.4, 0.5) is 4.79 Å². The van der Waals surface area contributed by atoms with Crippen molar-refractivity contribution in [3.63, 3.8) is 0 Å². The van der Waals surface area contributed by atoms with Crippen molar-refractivity contribution in [2.24, 2.45) is 0 Å². The fourth-order valence-electron chi connectivity index (χ4n) is 0.820. The number of nitrogens with one attached hydrogen (secondary N) is 1. The highest BCUT2D eigenvalue weighted by Crippen LogP contribution is 1.92. The number of carbonyl (C=O) groups excluding carboxylic acids is 2. The number of esters is 1. The molecule has 0 radical (unpaired) electrons. The largest absolute Gasteiger partial charge is 0.480 e. The van der Waals surface area contributed by atoms with Gasteiger partial charge in [-0.15, -0.1) is 0 Å². The number of amides is 2. The lowest BCUT2D eigenvalue weighted by molar-refractivity contribution is -0.141. The number of methoxy groups -OCH3 is 1. The maximum absolute atomic E-state index is 11.4. The normalized spacial score (nSPS) is 11.4. The number of hydrogen-bond acceptors (Lipinski definition) is 4. The molecule has 7 heteroatoms. The summed E-state index contributed by atoms with van der Waals surface area (Å²) in [4.78, 5) is 33.8. The lowest BCUT2D eigenvalue weighted by Crippen LogP contribution is -2.45. The molecule has 16 heavy (non-hydrogen) atoms. The molecule has 0 aromatic rings. The van der Waals surface area contributed by atoms with E-state index in [2.05, 4.69) is 10.1 Å². The van der Waals surface area contributed by atoms with Crippen LogP contribution in [0.25, 0.3) is 0 Å². The van der Waals surface area contributed by atoms with Crippen LogP contribution in [0.1, 0.15) is 13.3 Å². The van der Waals surface area contributed by atoms with Crippen molar-refractivity contribution in [2.45, 2.75) is 19.4 Å². The number of urea groups is 1. The molecule has 92 valence electrons. The van der Waals surface area contributed by atoms with Gasteiger partial charge in [-0.2, -0.15) is 0 Å². The number of carboxylic acid groups (broad SMARTS) is 1. The van der Waals surface area contributed by atoms with Gasteiger partial charge in [-0.25, -0.2) is 4.79 Å².